The van der Waals surface area contributed by atoms with E-state index in [0.717, 1.165) is 6.92 Å². The molecular weight excluding hydrogens is 223 g/mol. The molecule has 0 fully saturated rings. The zero-order valence-corrected chi connectivity index (χ0v) is 8.11. The number of rotatable bonds is 5. The van der Waals surface area contributed by atoms with Crippen LogP contribution < -0.4 is 0 Å². The van der Waals surface area contributed by atoms with Crippen LogP contribution in [-0.4, -0.2) is 34.5 Å². The first-order chi connectivity index (χ1) is 6.52. The molecular formula is C8H13F5O2. The molecule has 2 N–H and O–H groups in total. The van der Waals surface area contributed by atoms with E-state index in [9.17, 15) is 27.1 Å². The molecule has 0 amide bonds. The van der Waals surface area contributed by atoms with E-state index in [1.165, 1.54) is 0 Å². The van der Waals surface area contributed by atoms with E-state index in [2.05, 4.69) is 0 Å². The van der Waals surface area contributed by atoms with Crippen LogP contribution in [0.2, 0.25) is 0 Å². The lowest BCUT2D eigenvalue weighted by molar-refractivity contribution is -0.296. The van der Waals surface area contributed by atoms with Gasteiger partial charge in [-0.2, -0.15) is 22.0 Å². The number of halogens is 5. The lowest BCUT2D eigenvalue weighted by Crippen LogP contribution is -2.43. The third kappa shape index (κ3) is 4.74. The Morgan fingerprint density at radius 1 is 1.07 bits per heavy atom. The third-order valence-electron chi connectivity index (χ3n) is 1.89. The summed E-state index contributed by atoms with van der Waals surface area (Å²) in [4.78, 5) is 0. The minimum Gasteiger partial charge on any atom is -0.396 e. The molecule has 0 aromatic rings. The third-order valence-corrected chi connectivity index (χ3v) is 1.89. The van der Waals surface area contributed by atoms with Crippen molar-refractivity contribution in [2.45, 2.75) is 43.9 Å². The Labute approximate surface area is 83.7 Å². The highest BCUT2D eigenvalue weighted by Gasteiger charge is 2.59. The Kier molecular flexibility index (Phi) is 4.48. The van der Waals surface area contributed by atoms with Gasteiger partial charge in [-0.3, -0.25) is 0 Å². The highest BCUT2D eigenvalue weighted by molar-refractivity contribution is 4.86. The SMILES string of the molecule is CC(O)(CCCO)CC(F)(F)C(F)(F)F. The van der Waals surface area contributed by atoms with Crippen molar-refractivity contribution >= 4 is 0 Å². The Morgan fingerprint density at radius 2 is 1.53 bits per heavy atom. The van der Waals surface area contributed by atoms with Gasteiger partial charge in [-0.1, -0.05) is 0 Å². The van der Waals surface area contributed by atoms with E-state index in [0.29, 0.717) is 0 Å². The standard InChI is InChI=1S/C8H13F5O2/c1-6(15,3-2-4-14)5-7(9,10)8(11,12)13/h14-15H,2-5H2,1H3. The molecule has 1 unspecified atom stereocenters. The lowest BCUT2D eigenvalue weighted by atomic mass is 9.92. The number of aliphatic hydroxyl groups excluding tert-OH is 1. The maximum absolute atomic E-state index is 12.5. The molecule has 92 valence electrons. The van der Waals surface area contributed by atoms with Crippen LogP contribution in [0.25, 0.3) is 0 Å². The van der Waals surface area contributed by atoms with Crippen LogP contribution in [0.1, 0.15) is 26.2 Å². The summed E-state index contributed by atoms with van der Waals surface area (Å²) in [5, 5.41) is 17.6. The number of alkyl halides is 5. The van der Waals surface area contributed by atoms with Crippen molar-refractivity contribution < 1.29 is 32.2 Å². The van der Waals surface area contributed by atoms with Crippen LogP contribution in [0, 0.1) is 0 Å². The van der Waals surface area contributed by atoms with Crippen LogP contribution in [0.4, 0.5) is 22.0 Å². The summed E-state index contributed by atoms with van der Waals surface area (Å²) in [7, 11) is 0. The van der Waals surface area contributed by atoms with Gasteiger partial charge in [0.05, 0.1) is 5.60 Å². The average molecular weight is 236 g/mol. The van der Waals surface area contributed by atoms with E-state index in [-0.39, 0.29) is 19.4 Å². The monoisotopic (exact) mass is 236 g/mol. The van der Waals surface area contributed by atoms with Crippen molar-refractivity contribution in [3.05, 3.63) is 0 Å². The largest absolute Gasteiger partial charge is 0.453 e. The second kappa shape index (κ2) is 4.61. The smallest absolute Gasteiger partial charge is 0.396 e. The van der Waals surface area contributed by atoms with Crippen LogP contribution in [0.5, 0.6) is 0 Å². The molecule has 0 saturated carbocycles. The van der Waals surface area contributed by atoms with Crippen LogP contribution in [-0.2, 0) is 0 Å². The topological polar surface area (TPSA) is 40.5 Å². The fourth-order valence-corrected chi connectivity index (χ4v) is 1.13. The number of aliphatic hydroxyl groups is 2. The summed E-state index contributed by atoms with van der Waals surface area (Å²) < 4.78 is 60.3. The first-order valence-electron chi connectivity index (χ1n) is 4.30. The highest BCUT2D eigenvalue weighted by atomic mass is 19.4. The molecule has 0 aliphatic heterocycles. The second-order valence-corrected chi connectivity index (χ2v) is 3.70. The molecule has 7 heteroatoms. The van der Waals surface area contributed by atoms with Crippen LogP contribution in [0.3, 0.4) is 0 Å². The van der Waals surface area contributed by atoms with E-state index >= 15 is 0 Å². The van der Waals surface area contributed by atoms with Crippen molar-refractivity contribution in [3.8, 4) is 0 Å². The van der Waals surface area contributed by atoms with Crippen molar-refractivity contribution in [3.63, 3.8) is 0 Å². The van der Waals surface area contributed by atoms with Gasteiger partial charge in [-0.05, 0) is 19.8 Å². The Hall–Kier alpha value is -0.430. The molecule has 1 atom stereocenters. The molecule has 0 heterocycles. The second-order valence-electron chi connectivity index (χ2n) is 3.70. The molecule has 0 rings (SSSR count). The fourth-order valence-electron chi connectivity index (χ4n) is 1.13. The van der Waals surface area contributed by atoms with Crippen molar-refractivity contribution in [1.82, 2.24) is 0 Å². The predicted octanol–water partition coefficient (Wildman–Crippen LogP) is 2.10. The molecule has 0 aromatic carbocycles. The van der Waals surface area contributed by atoms with Gasteiger partial charge in [0.2, 0.25) is 0 Å². The Morgan fingerprint density at radius 3 is 1.87 bits per heavy atom. The quantitative estimate of drug-likeness (QED) is 0.717. The first-order valence-corrected chi connectivity index (χ1v) is 4.30. The zero-order chi connectivity index (χ0) is 12.3. The minimum atomic E-state index is -5.66. The molecule has 0 spiro atoms. The van der Waals surface area contributed by atoms with E-state index in [1.54, 1.807) is 0 Å². The molecule has 15 heavy (non-hydrogen) atoms. The molecule has 0 bridgehead atoms. The molecule has 0 aliphatic carbocycles. The molecule has 0 saturated heterocycles. The summed E-state index contributed by atoms with van der Waals surface area (Å²) in [5.41, 5.74) is -2.14. The summed E-state index contributed by atoms with van der Waals surface area (Å²) in [6.45, 7) is 0.524. The van der Waals surface area contributed by atoms with Gasteiger partial charge in [0, 0.05) is 13.0 Å². The molecule has 0 radical (unpaired) electrons. The highest BCUT2D eigenvalue weighted by Crippen LogP contribution is 2.41. The maximum atomic E-state index is 12.5. The van der Waals surface area contributed by atoms with E-state index in [1.807, 2.05) is 0 Å². The summed E-state index contributed by atoms with van der Waals surface area (Å²) in [5.74, 6) is -4.91. The van der Waals surface area contributed by atoms with Gasteiger partial charge in [-0.15, -0.1) is 0 Å². The molecule has 0 aromatic heterocycles. The summed E-state index contributed by atoms with van der Waals surface area (Å²) in [6.07, 6.45) is -7.68. The van der Waals surface area contributed by atoms with Crippen molar-refractivity contribution in [2.75, 3.05) is 6.61 Å². The lowest BCUT2D eigenvalue weighted by Gasteiger charge is -2.29. The predicted molar refractivity (Wildman–Crippen MR) is 42.6 cm³/mol. The zero-order valence-electron chi connectivity index (χ0n) is 8.11. The van der Waals surface area contributed by atoms with Gasteiger partial charge < -0.3 is 10.2 Å². The summed E-state index contributed by atoms with van der Waals surface area (Å²) in [6, 6.07) is 0. The summed E-state index contributed by atoms with van der Waals surface area (Å²) >= 11 is 0. The van der Waals surface area contributed by atoms with Gasteiger partial charge in [0.1, 0.15) is 0 Å². The average Bonchev–Trinajstić information content (AvgIpc) is 1.96. The van der Waals surface area contributed by atoms with E-state index < -0.39 is 24.1 Å². The van der Waals surface area contributed by atoms with Crippen molar-refractivity contribution in [2.24, 2.45) is 0 Å². The fraction of sp³-hybridized carbons (Fsp3) is 1.00. The molecule has 2 nitrogen and oxygen atoms in total. The van der Waals surface area contributed by atoms with Gasteiger partial charge in [-0.25, -0.2) is 0 Å². The molecule has 0 aliphatic rings. The van der Waals surface area contributed by atoms with Gasteiger partial charge >= 0.3 is 12.1 Å². The number of hydrogen-bond donors (Lipinski definition) is 2. The normalized spacial score (nSPS) is 17.6. The maximum Gasteiger partial charge on any atom is 0.453 e. The van der Waals surface area contributed by atoms with Crippen molar-refractivity contribution in [1.29, 1.82) is 0 Å². The number of hydrogen-bond acceptors (Lipinski definition) is 2. The first kappa shape index (κ1) is 14.6. The van der Waals surface area contributed by atoms with E-state index in [4.69, 9.17) is 5.11 Å². The van der Waals surface area contributed by atoms with Crippen LogP contribution >= 0.6 is 0 Å². The Bertz CT molecular complexity index is 200. The van der Waals surface area contributed by atoms with Gasteiger partial charge in [0.15, 0.2) is 0 Å². The Balaban J connectivity index is 4.43. The minimum absolute atomic E-state index is 0.0268. The van der Waals surface area contributed by atoms with Crippen LogP contribution in [0.15, 0.2) is 0 Å². The van der Waals surface area contributed by atoms with Gasteiger partial charge in [0.25, 0.3) is 0 Å².